The van der Waals surface area contributed by atoms with Gasteiger partial charge in [-0.25, -0.2) is 25.6 Å². The van der Waals surface area contributed by atoms with Crippen LogP contribution in [0.5, 0.6) is 34.5 Å². The first kappa shape index (κ1) is 52.2. The van der Waals surface area contributed by atoms with Crippen LogP contribution in [0.3, 0.4) is 0 Å². The van der Waals surface area contributed by atoms with E-state index in [0.29, 0.717) is 11.1 Å². The Morgan fingerprint density at radius 2 is 0.913 bits per heavy atom. The Bertz CT molecular complexity index is 3510. The maximum absolute atomic E-state index is 14.7. The molecule has 366 valence electrons. The van der Waals surface area contributed by atoms with Crippen LogP contribution < -0.4 is 14.2 Å². The van der Waals surface area contributed by atoms with E-state index >= 15 is 0 Å². The number of sulfone groups is 2. The molecule has 0 amide bonds. The van der Waals surface area contributed by atoms with Gasteiger partial charge in [-0.1, -0.05) is 0 Å². The maximum Gasteiger partial charge on any atom is 0.300 e. The molecule has 0 spiro atoms. The van der Waals surface area contributed by atoms with Gasteiger partial charge in [0.15, 0.2) is 27.3 Å². The van der Waals surface area contributed by atoms with Crippen LogP contribution >= 0.6 is 0 Å². The van der Waals surface area contributed by atoms with Crippen LogP contribution in [0.15, 0.2) is 92.4 Å². The summed E-state index contributed by atoms with van der Waals surface area (Å²) < 4.78 is 193. The lowest BCUT2D eigenvalue weighted by atomic mass is 10.0. The number of ether oxygens (including phenoxy) is 3. The second-order valence-electron chi connectivity index (χ2n) is 16.1. The van der Waals surface area contributed by atoms with Crippen LogP contribution in [0.2, 0.25) is 0 Å². The monoisotopic (exact) mass is 1030 g/mol. The van der Waals surface area contributed by atoms with Gasteiger partial charge < -0.3 is 14.2 Å². The lowest BCUT2D eigenvalue weighted by Gasteiger charge is -2.18. The van der Waals surface area contributed by atoms with Crippen molar-refractivity contribution in [3.63, 3.8) is 0 Å². The second kappa shape index (κ2) is 19.0. The molecule has 0 radical (unpaired) electrons. The number of benzene rings is 6. The fourth-order valence-electron chi connectivity index (χ4n) is 7.32. The molecule has 6 rings (SSSR count). The Kier molecular flexibility index (Phi) is 14.4. The molecule has 6 aromatic carbocycles. The van der Waals surface area contributed by atoms with E-state index in [4.69, 9.17) is 18.4 Å². The van der Waals surface area contributed by atoms with Gasteiger partial charge in [-0.2, -0.15) is 25.6 Å². The van der Waals surface area contributed by atoms with Gasteiger partial charge in [0, 0.05) is 28.5 Å². The maximum atomic E-state index is 14.7. The number of hydrogen-bond acceptors (Lipinski definition) is 13. The van der Waals surface area contributed by atoms with Gasteiger partial charge in [-0.15, -0.1) is 0 Å². The van der Waals surface area contributed by atoms with Gasteiger partial charge in [0.05, 0.1) is 21.8 Å². The summed E-state index contributed by atoms with van der Waals surface area (Å²) in [5, 5.41) is 0. The number of aryl methyl sites for hydroxylation is 6. The topological polar surface area (TPSA) is 211 Å². The van der Waals surface area contributed by atoms with E-state index in [1.807, 2.05) is 0 Å². The van der Waals surface area contributed by atoms with Crippen molar-refractivity contribution in [3.05, 3.63) is 152 Å². The fourth-order valence-corrected chi connectivity index (χ4v) is 11.1. The molecule has 0 heterocycles. The Morgan fingerprint density at radius 1 is 0.522 bits per heavy atom. The summed E-state index contributed by atoms with van der Waals surface area (Å²) in [5.74, 6) is -10.6. The Balaban J connectivity index is 1.32. The summed E-state index contributed by atoms with van der Waals surface area (Å²) in [4.78, 5) is 12.9. The molecule has 0 aliphatic heterocycles. The highest BCUT2D eigenvalue weighted by molar-refractivity contribution is 7.91. The molecule has 0 aromatic heterocycles. The lowest BCUT2D eigenvalue weighted by Crippen LogP contribution is -2.10. The quantitative estimate of drug-likeness (QED) is 0.0334. The Morgan fingerprint density at radius 3 is 1.33 bits per heavy atom. The normalized spacial score (nSPS) is 12.3. The number of ketones is 1. The van der Waals surface area contributed by atoms with Crippen LogP contribution in [0, 0.1) is 71.7 Å². The smallest absolute Gasteiger partial charge is 0.300 e. The molecular formula is C47H42F4O14S4. The number of carbonyl (C=O) groups is 1. The zero-order chi connectivity index (χ0) is 51.5. The van der Waals surface area contributed by atoms with Crippen molar-refractivity contribution in [1.29, 1.82) is 0 Å². The molecule has 0 aliphatic rings. The molecule has 69 heavy (non-hydrogen) atoms. The second-order valence-corrected chi connectivity index (χ2v) is 23.2. The molecular weight excluding hydrogens is 993 g/mol. The molecule has 6 aromatic rings. The van der Waals surface area contributed by atoms with Gasteiger partial charge in [-0.3, -0.25) is 13.5 Å². The summed E-state index contributed by atoms with van der Waals surface area (Å²) in [6.45, 7) is 9.66. The first-order valence-corrected chi connectivity index (χ1v) is 26.5. The predicted molar refractivity (Wildman–Crippen MR) is 243 cm³/mol. The van der Waals surface area contributed by atoms with Gasteiger partial charge in [-0.05, 0) is 155 Å². The molecule has 0 atom stereocenters. The zero-order valence-corrected chi connectivity index (χ0v) is 41.3. The van der Waals surface area contributed by atoms with Gasteiger partial charge in [0.25, 0.3) is 20.2 Å². The Labute approximate surface area is 396 Å². The van der Waals surface area contributed by atoms with E-state index in [1.165, 1.54) is 76.2 Å². The van der Waals surface area contributed by atoms with E-state index < -0.39 is 90.9 Å². The number of halogens is 4. The summed E-state index contributed by atoms with van der Waals surface area (Å²) in [6, 6.07) is 14.4. The third-order valence-corrected chi connectivity index (χ3v) is 15.6. The summed E-state index contributed by atoms with van der Waals surface area (Å²) >= 11 is 0. The van der Waals surface area contributed by atoms with E-state index in [9.17, 15) is 60.6 Å². The van der Waals surface area contributed by atoms with Crippen molar-refractivity contribution >= 4 is 45.7 Å². The SMILES string of the molecule is COS(=O)(=O)c1cc(C(=O)c2ccc(Oc3c(C)cc(S(=O)(=O)c4cc(C)c(Oc5c(F)c(F)c(C)c(F)c5F)c(C)c4)cc3C)c(CS(=O)(=O)O)c2)ccc1Oc1c(C)cc(S(C)(=O)=O)cc1C. The van der Waals surface area contributed by atoms with E-state index in [0.717, 1.165) is 44.6 Å². The van der Waals surface area contributed by atoms with E-state index in [1.54, 1.807) is 13.8 Å². The summed E-state index contributed by atoms with van der Waals surface area (Å²) in [7, 11) is -16.4. The van der Waals surface area contributed by atoms with Crippen molar-refractivity contribution in [2.75, 3.05) is 13.4 Å². The molecule has 0 bridgehead atoms. The largest absolute Gasteiger partial charge is 0.456 e. The van der Waals surface area contributed by atoms with Crippen molar-refractivity contribution in [2.24, 2.45) is 0 Å². The van der Waals surface area contributed by atoms with Crippen LogP contribution in [-0.2, 0) is 49.8 Å². The average Bonchev–Trinajstić information content (AvgIpc) is 3.26. The number of carbonyl (C=O) groups excluding carboxylic acids is 1. The van der Waals surface area contributed by atoms with Crippen molar-refractivity contribution in [2.45, 2.75) is 73.8 Å². The van der Waals surface area contributed by atoms with Gasteiger partial charge in [0.2, 0.25) is 27.2 Å². The van der Waals surface area contributed by atoms with Gasteiger partial charge >= 0.3 is 0 Å². The van der Waals surface area contributed by atoms with Crippen LogP contribution in [0.4, 0.5) is 17.6 Å². The molecule has 0 saturated heterocycles. The highest BCUT2D eigenvalue weighted by Crippen LogP contribution is 2.41. The predicted octanol–water partition coefficient (Wildman–Crippen LogP) is 9.97. The highest BCUT2D eigenvalue weighted by Gasteiger charge is 2.29. The molecule has 14 nitrogen and oxygen atoms in total. The standard InChI is InChI=1S/C47H42F4O14S4/c1-23-14-33(66(9,53)54)15-24(2)45(23)64-37-13-11-31(21-38(37)69(60,61)62-8)43(52)30-10-12-36(32(20-30)22-67(55,56)57)63-44-25(3)16-34(17-26(44)4)68(58,59)35-18-27(5)46(28(6)19-35)65-47-41(50)39(48)29(7)40(49)42(47)51/h10-21H,22H2,1-9H3,(H,55,56,57). The lowest BCUT2D eigenvalue weighted by molar-refractivity contribution is 0.103. The third-order valence-electron chi connectivity index (χ3n) is 10.8. The van der Waals surface area contributed by atoms with Crippen LogP contribution in [0.1, 0.15) is 60.4 Å². The fraction of sp³-hybridized carbons (Fsp3) is 0.213. The van der Waals surface area contributed by atoms with Crippen LogP contribution in [-0.4, -0.2) is 57.4 Å². The number of hydrogen-bond donors (Lipinski definition) is 1. The first-order chi connectivity index (χ1) is 31.9. The van der Waals surface area contributed by atoms with Crippen LogP contribution in [0.25, 0.3) is 0 Å². The average molecular weight is 1040 g/mol. The summed E-state index contributed by atoms with van der Waals surface area (Å²) in [6.07, 6.45) is 1.03. The van der Waals surface area contributed by atoms with Crippen molar-refractivity contribution in [1.82, 2.24) is 0 Å². The molecule has 0 saturated carbocycles. The van der Waals surface area contributed by atoms with Gasteiger partial charge in [0.1, 0.15) is 39.4 Å². The van der Waals surface area contributed by atoms with E-state index in [2.05, 4.69) is 0 Å². The number of rotatable bonds is 15. The molecule has 22 heteroatoms. The summed E-state index contributed by atoms with van der Waals surface area (Å²) in [5.41, 5.74) is -0.268. The zero-order valence-electron chi connectivity index (χ0n) is 38.0. The van der Waals surface area contributed by atoms with Crippen molar-refractivity contribution < 1.29 is 79.0 Å². The van der Waals surface area contributed by atoms with Crippen molar-refractivity contribution in [3.8, 4) is 34.5 Å². The Hall–Kier alpha value is -6.17. The molecule has 0 aliphatic carbocycles. The molecule has 1 N–H and O–H groups in total. The molecule has 0 fully saturated rings. The van der Waals surface area contributed by atoms with E-state index in [-0.39, 0.29) is 82.4 Å². The minimum atomic E-state index is -4.79. The third kappa shape index (κ3) is 10.7. The highest BCUT2D eigenvalue weighted by atomic mass is 32.2. The minimum absolute atomic E-state index is 0.0104. The minimum Gasteiger partial charge on any atom is -0.456 e. The molecule has 0 unspecified atom stereocenters. The first-order valence-electron chi connectivity index (χ1n) is 20.1.